The Kier molecular flexibility index (Phi) is 5.19. The predicted molar refractivity (Wildman–Crippen MR) is 94.5 cm³/mol. The Morgan fingerprint density at radius 1 is 1.32 bits per heavy atom. The third-order valence-electron chi connectivity index (χ3n) is 3.29. The molecule has 1 aromatic rings. The quantitative estimate of drug-likeness (QED) is 0.525. The molecule has 0 saturated carbocycles. The first-order valence-corrected chi connectivity index (χ1v) is 8.08. The summed E-state index contributed by atoms with van der Waals surface area (Å²) in [6.07, 6.45) is 4.06. The summed E-state index contributed by atoms with van der Waals surface area (Å²) in [5.74, 6) is -0.0339. The van der Waals surface area contributed by atoms with Gasteiger partial charge in [-0.15, -0.1) is 11.7 Å². The topological polar surface area (TPSA) is 53.8 Å². The Morgan fingerprint density at radius 3 is 2.59 bits per heavy atom. The second kappa shape index (κ2) is 6.92. The maximum atomic E-state index is 11.6. The standard InChI is InChI=1S/C17H21N3OS/c1-5-6-14-15(21)19-16(22-14)20-18-11-12-7-9-13(10-8-12)17(2,3)4/h5,7-11,14H,1,6H2,2-4H3,(H,19,20,21)/b18-11-. The van der Waals surface area contributed by atoms with Crippen molar-refractivity contribution in [1.29, 1.82) is 0 Å². The molecule has 1 aliphatic rings. The number of amides is 1. The molecular weight excluding hydrogens is 294 g/mol. The van der Waals surface area contributed by atoms with Gasteiger partial charge in [-0.3, -0.25) is 4.79 Å². The Bertz CT molecular complexity index is 612. The maximum absolute atomic E-state index is 11.6. The molecule has 1 aliphatic heterocycles. The fourth-order valence-corrected chi connectivity index (χ4v) is 2.90. The molecule has 1 aromatic carbocycles. The van der Waals surface area contributed by atoms with E-state index < -0.39 is 0 Å². The van der Waals surface area contributed by atoms with Crippen molar-refractivity contribution in [1.82, 2.24) is 5.32 Å². The van der Waals surface area contributed by atoms with Crippen LogP contribution in [0.2, 0.25) is 0 Å². The van der Waals surface area contributed by atoms with Crippen molar-refractivity contribution in [3.05, 3.63) is 48.0 Å². The number of rotatable bonds is 4. The minimum atomic E-state index is -0.141. The summed E-state index contributed by atoms with van der Waals surface area (Å²) in [6.45, 7) is 10.2. The molecule has 1 fully saturated rings. The van der Waals surface area contributed by atoms with E-state index in [0.717, 1.165) is 5.56 Å². The fourth-order valence-electron chi connectivity index (χ4n) is 1.98. The third kappa shape index (κ3) is 4.31. The minimum absolute atomic E-state index is 0.0339. The van der Waals surface area contributed by atoms with E-state index in [-0.39, 0.29) is 16.6 Å². The molecular formula is C17H21N3OS. The van der Waals surface area contributed by atoms with Crippen molar-refractivity contribution in [2.45, 2.75) is 37.9 Å². The Labute approximate surface area is 135 Å². The zero-order valence-corrected chi connectivity index (χ0v) is 14.0. The van der Waals surface area contributed by atoms with Crippen LogP contribution in [0, 0.1) is 0 Å². The van der Waals surface area contributed by atoms with Crippen LogP contribution in [0.1, 0.15) is 38.3 Å². The van der Waals surface area contributed by atoms with Crippen LogP contribution in [0.15, 0.2) is 47.1 Å². The van der Waals surface area contributed by atoms with Crippen molar-refractivity contribution < 1.29 is 4.79 Å². The normalized spacial score (nSPS) is 20.6. The molecule has 22 heavy (non-hydrogen) atoms. The van der Waals surface area contributed by atoms with Gasteiger partial charge in [0.15, 0.2) is 5.17 Å². The first kappa shape index (κ1) is 16.5. The monoisotopic (exact) mass is 315 g/mol. The Balaban J connectivity index is 1.99. The second-order valence-corrected chi connectivity index (χ2v) is 7.33. The van der Waals surface area contributed by atoms with Crippen molar-refractivity contribution >= 4 is 29.1 Å². The van der Waals surface area contributed by atoms with Crippen LogP contribution >= 0.6 is 11.8 Å². The number of hydrogen-bond donors (Lipinski definition) is 1. The molecule has 1 N–H and O–H groups in total. The van der Waals surface area contributed by atoms with Gasteiger partial charge in [0.1, 0.15) is 0 Å². The summed E-state index contributed by atoms with van der Waals surface area (Å²) in [5.41, 5.74) is 2.40. The van der Waals surface area contributed by atoms with E-state index in [1.165, 1.54) is 17.3 Å². The van der Waals surface area contributed by atoms with Gasteiger partial charge in [-0.05, 0) is 23.0 Å². The number of carbonyl (C=O) groups excluding carboxylic acids is 1. The maximum Gasteiger partial charge on any atom is 0.239 e. The fraction of sp³-hybridized carbons (Fsp3) is 0.353. The summed E-state index contributed by atoms with van der Waals surface area (Å²) in [5, 5.41) is 11.2. The molecule has 0 bridgehead atoms. The van der Waals surface area contributed by atoms with Gasteiger partial charge in [-0.1, -0.05) is 62.9 Å². The average Bonchev–Trinajstić information content (AvgIpc) is 2.79. The van der Waals surface area contributed by atoms with Crippen LogP contribution in [0.25, 0.3) is 0 Å². The van der Waals surface area contributed by atoms with Gasteiger partial charge in [0.05, 0.1) is 11.5 Å². The zero-order valence-electron chi connectivity index (χ0n) is 13.2. The van der Waals surface area contributed by atoms with Crippen LogP contribution < -0.4 is 5.32 Å². The number of nitrogens with zero attached hydrogens (tertiary/aromatic N) is 2. The molecule has 0 spiro atoms. The Hall–Kier alpha value is -1.88. The van der Waals surface area contributed by atoms with Crippen LogP contribution in [-0.2, 0) is 10.2 Å². The first-order chi connectivity index (χ1) is 10.4. The molecule has 1 saturated heterocycles. The lowest BCUT2D eigenvalue weighted by atomic mass is 9.87. The van der Waals surface area contributed by atoms with Gasteiger partial charge in [0.25, 0.3) is 0 Å². The van der Waals surface area contributed by atoms with Crippen molar-refractivity contribution in [3.63, 3.8) is 0 Å². The van der Waals surface area contributed by atoms with Crippen LogP contribution in [0.4, 0.5) is 0 Å². The van der Waals surface area contributed by atoms with Gasteiger partial charge in [-0.2, -0.15) is 5.10 Å². The van der Waals surface area contributed by atoms with Crippen molar-refractivity contribution in [2.75, 3.05) is 0 Å². The lowest BCUT2D eigenvalue weighted by Crippen LogP contribution is -2.24. The van der Waals surface area contributed by atoms with Gasteiger partial charge in [0.2, 0.25) is 5.91 Å². The molecule has 116 valence electrons. The van der Waals surface area contributed by atoms with E-state index >= 15 is 0 Å². The van der Waals surface area contributed by atoms with Crippen LogP contribution in [-0.4, -0.2) is 22.5 Å². The SMILES string of the molecule is C=CCC1S/C(=N\N=C/c2ccc(C(C)(C)C)cc2)NC1=O. The molecule has 0 aromatic heterocycles. The van der Waals surface area contributed by atoms with Crippen molar-refractivity contribution in [2.24, 2.45) is 10.2 Å². The summed E-state index contributed by atoms with van der Waals surface area (Å²) in [6, 6.07) is 8.23. The van der Waals surface area contributed by atoms with E-state index in [1.54, 1.807) is 12.3 Å². The number of benzene rings is 1. The van der Waals surface area contributed by atoms with E-state index in [0.29, 0.717) is 11.6 Å². The van der Waals surface area contributed by atoms with Crippen LogP contribution in [0.5, 0.6) is 0 Å². The zero-order chi connectivity index (χ0) is 16.2. The smallest absolute Gasteiger partial charge is 0.239 e. The molecule has 2 rings (SSSR count). The van der Waals surface area contributed by atoms with E-state index in [9.17, 15) is 4.79 Å². The highest BCUT2D eigenvalue weighted by Crippen LogP contribution is 2.23. The average molecular weight is 315 g/mol. The lowest BCUT2D eigenvalue weighted by molar-refractivity contribution is -0.118. The molecule has 1 atom stereocenters. The first-order valence-electron chi connectivity index (χ1n) is 7.20. The minimum Gasteiger partial charge on any atom is -0.303 e. The summed E-state index contributed by atoms with van der Waals surface area (Å²) in [4.78, 5) is 11.6. The van der Waals surface area contributed by atoms with Gasteiger partial charge in [0, 0.05) is 0 Å². The second-order valence-electron chi connectivity index (χ2n) is 6.14. The highest BCUT2D eigenvalue weighted by molar-refractivity contribution is 8.15. The third-order valence-corrected chi connectivity index (χ3v) is 4.39. The predicted octanol–water partition coefficient (Wildman–Crippen LogP) is 3.48. The summed E-state index contributed by atoms with van der Waals surface area (Å²) < 4.78 is 0. The van der Waals surface area contributed by atoms with Crippen LogP contribution in [0.3, 0.4) is 0 Å². The Morgan fingerprint density at radius 2 is 2.00 bits per heavy atom. The van der Waals surface area contributed by atoms with Gasteiger partial charge in [-0.25, -0.2) is 0 Å². The number of nitrogens with one attached hydrogen (secondary N) is 1. The van der Waals surface area contributed by atoms with Gasteiger partial charge >= 0.3 is 0 Å². The number of hydrogen-bond acceptors (Lipinski definition) is 4. The van der Waals surface area contributed by atoms with E-state index in [1.807, 2.05) is 12.1 Å². The lowest BCUT2D eigenvalue weighted by Gasteiger charge is -2.18. The number of amidine groups is 1. The summed E-state index contributed by atoms with van der Waals surface area (Å²) in [7, 11) is 0. The molecule has 1 heterocycles. The number of carbonyl (C=O) groups is 1. The highest BCUT2D eigenvalue weighted by atomic mass is 32.2. The number of thioether (sulfide) groups is 1. The van der Waals surface area contributed by atoms with Gasteiger partial charge < -0.3 is 5.32 Å². The highest BCUT2D eigenvalue weighted by Gasteiger charge is 2.28. The number of allylic oxidation sites excluding steroid dienone is 1. The molecule has 5 heteroatoms. The molecule has 1 amide bonds. The van der Waals surface area contributed by atoms with Crippen molar-refractivity contribution in [3.8, 4) is 0 Å². The molecule has 0 aliphatic carbocycles. The molecule has 0 radical (unpaired) electrons. The summed E-state index contributed by atoms with van der Waals surface area (Å²) >= 11 is 1.39. The molecule has 1 unspecified atom stereocenters. The van der Waals surface area contributed by atoms with E-state index in [4.69, 9.17) is 0 Å². The molecule has 4 nitrogen and oxygen atoms in total. The van der Waals surface area contributed by atoms with E-state index in [2.05, 4.69) is 55.0 Å². The largest absolute Gasteiger partial charge is 0.303 e.